The molecule has 0 fully saturated rings. The van der Waals surface area contributed by atoms with Crippen LogP contribution in [0.5, 0.6) is 0 Å². The average Bonchev–Trinajstić information content (AvgIpc) is 0.959. The Morgan fingerprint density at radius 3 is 0.660 bits per heavy atom. The molecule has 0 aromatic heterocycles. The molecule has 0 heterocycles. The van der Waals surface area contributed by atoms with Crippen LogP contribution in [0, 0.1) is 5.92 Å². The molecule has 19 heteroatoms. The zero-order chi connectivity index (χ0) is 75.5. The second-order valence-corrected chi connectivity index (χ2v) is 33.6. The third kappa shape index (κ3) is 78.0. The van der Waals surface area contributed by atoms with Gasteiger partial charge in [-0.1, -0.05) is 401 Å². The number of carbonyl (C=O) groups is 4. The van der Waals surface area contributed by atoms with Crippen molar-refractivity contribution in [3.05, 3.63) is 0 Å². The minimum Gasteiger partial charge on any atom is -0.462 e. The summed E-state index contributed by atoms with van der Waals surface area (Å²) in [7, 11) is -9.92. The quantitative estimate of drug-likeness (QED) is 0.0222. The highest BCUT2D eigenvalue weighted by Crippen LogP contribution is 2.45. The van der Waals surface area contributed by atoms with Crippen LogP contribution in [0.2, 0.25) is 0 Å². The summed E-state index contributed by atoms with van der Waals surface area (Å²) in [5, 5.41) is 10.7. The van der Waals surface area contributed by atoms with Crippen LogP contribution in [0.1, 0.15) is 452 Å². The maximum atomic E-state index is 13.1. The van der Waals surface area contributed by atoms with Gasteiger partial charge in [-0.3, -0.25) is 37.3 Å². The SMILES string of the molecule is CCCCCCCCCCCCCCCCCCCCCCC(=O)O[C@H](COC(=O)CCCCCCCCCCCCCCCCCC(C)C)COP(=O)(O)OC[C@@H](O)COP(=O)(O)OC[C@@H](COC(=O)CCCCCCCCCCCC)OC(=O)CCCCCCCCCCCCCCCCC. The second-order valence-electron chi connectivity index (χ2n) is 30.7. The molecular weight excluding hydrogens is 1340 g/mol. The van der Waals surface area contributed by atoms with E-state index < -0.39 is 97.5 Å². The molecule has 0 amide bonds. The summed E-state index contributed by atoms with van der Waals surface area (Å²) in [5.74, 6) is -1.29. The van der Waals surface area contributed by atoms with E-state index >= 15 is 0 Å². The third-order valence-corrected chi connectivity index (χ3v) is 21.7. The lowest BCUT2D eigenvalue weighted by molar-refractivity contribution is -0.161. The first kappa shape index (κ1) is 101. The molecule has 0 saturated carbocycles. The van der Waals surface area contributed by atoms with Crippen molar-refractivity contribution in [2.24, 2.45) is 5.92 Å². The molecule has 3 N–H and O–H groups in total. The van der Waals surface area contributed by atoms with Crippen LogP contribution in [0.4, 0.5) is 0 Å². The number of ether oxygens (including phenoxy) is 4. The largest absolute Gasteiger partial charge is 0.472 e. The van der Waals surface area contributed by atoms with Crippen molar-refractivity contribution in [2.45, 2.75) is 470 Å². The zero-order valence-corrected chi connectivity index (χ0v) is 69.3. The first-order valence-corrected chi connectivity index (χ1v) is 46.6. The van der Waals surface area contributed by atoms with Crippen LogP contribution in [0.25, 0.3) is 0 Å². The van der Waals surface area contributed by atoms with E-state index in [1.54, 1.807) is 0 Å². The standard InChI is InChI=1S/C84H164O17P2/c1-6-9-12-15-18-21-24-26-28-29-30-31-32-36-41-45-50-55-60-65-70-84(89)101-80(74-95-82(87)68-63-58-53-48-43-39-37-33-35-38-42-46-51-56-61-66-77(4)5)76-99-103(92,93)97-72-78(85)71-96-102(90,91)98-75-79(73-94-81(86)67-62-57-52-47-23-20-17-14-11-8-3)100-83(88)69-64-59-54-49-44-40-34-27-25-22-19-16-13-10-7-2/h77-80,85H,6-76H2,1-5H3,(H,90,91)(H,92,93)/t78-,79+,80+/m0/s1. The smallest absolute Gasteiger partial charge is 0.462 e. The molecule has 0 aliphatic heterocycles. The first-order valence-electron chi connectivity index (χ1n) is 43.6. The topological polar surface area (TPSA) is 237 Å². The summed E-state index contributed by atoms with van der Waals surface area (Å²) in [6.45, 7) is 7.38. The summed E-state index contributed by atoms with van der Waals surface area (Å²) in [6.07, 6.45) is 69.4. The van der Waals surface area contributed by atoms with E-state index in [-0.39, 0.29) is 25.7 Å². The molecule has 0 spiro atoms. The van der Waals surface area contributed by atoms with Crippen LogP contribution < -0.4 is 0 Å². The van der Waals surface area contributed by atoms with E-state index in [9.17, 15) is 43.2 Å². The van der Waals surface area contributed by atoms with Gasteiger partial charge in [0.2, 0.25) is 0 Å². The van der Waals surface area contributed by atoms with E-state index in [0.29, 0.717) is 25.7 Å². The zero-order valence-electron chi connectivity index (χ0n) is 67.5. The van der Waals surface area contributed by atoms with Crippen LogP contribution >= 0.6 is 15.6 Å². The third-order valence-electron chi connectivity index (χ3n) is 19.8. The molecule has 0 radical (unpaired) electrons. The molecular formula is C84H164O17P2. The molecule has 612 valence electrons. The highest BCUT2D eigenvalue weighted by Gasteiger charge is 2.30. The summed E-state index contributed by atoms with van der Waals surface area (Å²) in [4.78, 5) is 73.1. The number of esters is 4. The monoisotopic (exact) mass is 1510 g/mol. The fourth-order valence-electron chi connectivity index (χ4n) is 13.1. The van der Waals surface area contributed by atoms with Gasteiger partial charge in [0.05, 0.1) is 26.4 Å². The van der Waals surface area contributed by atoms with Gasteiger partial charge in [0, 0.05) is 25.7 Å². The summed E-state index contributed by atoms with van der Waals surface area (Å²) in [5.41, 5.74) is 0. The molecule has 5 atom stereocenters. The maximum Gasteiger partial charge on any atom is 0.472 e. The van der Waals surface area contributed by atoms with Gasteiger partial charge >= 0.3 is 39.5 Å². The van der Waals surface area contributed by atoms with Crippen LogP contribution in [-0.2, 0) is 65.4 Å². The number of hydrogen-bond donors (Lipinski definition) is 3. The van der Waals surface area contributed by atoms with Gasteiger partial charge in [0.25, 0.3) is 0 Å². The first-order chi connectivity index (χ1) is 50.0. The molecule has 0 aliphatic carbocycles. The number of phosphoric ester groups is 2. The van der Waals surface area contributed by atoms with E-state index in [1.165, 1.54) is 276 Å². The number of aliphatic hydroxyl groups is 1. The molecule has 0 bridgehead atoms. The van der Waals surface area contributed by atoms with E-state index in [0.717, 1.165) is 95.8 Å². The second kappa shape index (κ2) is 76.8. The van der Waals surface area contributed by atoms with Gasteiger partial charge in [0.15, 0.2) is 12.2 Å². The molecule has 2 unspecified atom stereocenters. The molecule has 103 heavy (non-hydrogen) atoms. The highest BCUT2D eigenvalue weighted by atomic mass is 31.2. The molecule has 0 aromatic rings. The number of unbranched alkanes of at least 4 members (excludes halogenated alkanes) is 56. The Labute approximate surface area is 632 Å². The molecule has 0 aromatic carbocycles. The van der Waals surface area contributed by atoms with Gasteiger partial charge < -0.3 is 33.8 Å². The lowest BCUT2D eigenvalue weighted by Gasteiger charge is -2.21. The van der Waals surface area contributed by atoms with Crippen molar-refractivity contribution in [3.8, 4) is 0 Å². The van der Waals surface area contributed by atoms with E-state index in [1.807, 2.05) is 0 Å². The Kier molecular flexibility index (Phi) is 75.4. The van der Waals surface area contributed by atoms with Gasteiger partial charge in [0.1, 0.15) is 19.3 Å². The molecule has 0 saturated heterocycles. The summed E-state index contributed by atoms with van der Waals surface area (Å²) >= 11 is 0. The Morgan fingerprint density at radius 1 is 0.262 bits per heavy atom. The fraction of sp³-hybridized carbons (Fsp3) is 0.952. The van der Waals surface area contributed by atoms with Crippen molar-refractivity contribution >= 4 is 39.5 Å². The average molecular weight is 1510 g/mol. The van der Waals surface area contributed by atoms with Crippen molar-refractivity contribution in [2.75, 3.05) is 39.6 Å². The number of phosphoric acid groups is 2. The summed E-state index contributed by atoms with van der Waals surface area (Å²) in [6, 6.07) is 0. The maximum absolute atomic E-state index is 13.1. The van der Waals surface area contributed by atoms with Crippen LogP contribution in [-0.4, -0.2) is 96.7 Å². The Balaban J connectivity index is 5.23. The molecule has 0 rings (SSSR count). The van der Waals surface area contributed by atoms with Crippen molar-refractivity contribution in [1.82, 2.24) is 0 Å². The van der Waals surface area contributed by atoms with Crippen molar-refractivity contribution < 1.29 is 80.2 Å². The minimum atomic E-state index is -4.96. The van der Waals surface area contributed by atoms with Gasteiger partial charge in [-0.05, 0) is 31.6 Å². The minimum absolute atomic E-state index is 0.109. The summed E-state index contributed by atoms with van der Waals surface area (Å²) < 4.78 is 68.8. The highest BCUT2D eigenvalue weighted by molar-refractivity contribution is 7.47. The number of aliphatic hydroxyl groups excluding tert-OH is 1. The van der Waals surface area contributed by atoms with Gasteiger partial charge in [-0.15, -0.1) is 0 Å². The normalized spacial score (nSPS) is 13.8. The van der Waals surface area contributed by atoms with Gasteiger partial charge in [-0.25, -0.2) is 9.13 Å². The molecule has 0 aliphatic rings. The molecule has 17 nitrogen and oxygen atoms in total. The van der Waals surface area contributed by atoms with E-state index in [4.69, 9.17) is 37.0 Å². The Bertz CT molecular complexity index is 1960. The lowest BCUT2D eigenvalue weighted by Crippen LogP contribution is -2.30. The predicted molar refractivity (Wildman–Crippen MR) is 423 cm³/mol. The predicted octanol–water partition coefficient (Wildman–Crippen LogP) is 25.6. The van der Waals surface area contributed by atoms with Crippen molar-refractivity contribution in [1.29, 1.82) is 0 Å². The van der Waals surface area contributed by atoms with E-state index in [2.05, 4.69) is 34.6 Å². The Hall–Kier alpha value is -1.94. The Morgan fingerprint density at radius 2 is 0.447 bits per heavy atom. The van der Waals surface area contributed by atoms with Gasteiger partial charge in [-0.2, -0.15) is 0 Å². The fourth-order valence-corrected chi connectivity index (χ4v) is 14.7. The number of hydrogen-bond acceptors (Lipinski definition) is 15. The van der Waals surface area contributed by atoms with Crippen molar-refractivity contribution in [3.63, 3.8) is 0 Å². The lowest BCUT2D eigenvalue weighted by atomic mass is 10.0. The number of rotatable bonds is 84. The van der Waals surface area contributed by atoms with Crippen LogP contribution in [0.3, 0.4) is 0 Å². The van der Waals surface area contributed by atoms with Crippen LogP contribution in [0.15, 0.2) is 0 Å². The number of carbonyl (C=O) groups excluding carboxylic acids is 4.